The minimum Gasteiger partial charge on any atom is -0.463 e. The molecule has 94 valence electrons. The van der Waals surface area contributed by atoms with E-state index in [-0.39, 0.29) is 5.97 Å². The van der Waals surface area contributed by atoms with Gasteiger partial charge in [0.05, 0.1) is 17.8 Å². The van der Waals surface area contributed by atoms with Gasteiger partial charge >= 0.3 is 5.97 Å². The van der Waals surface area contributed by atoms with Gasteiger partial charge in [-0.15, -0.1) is 11.3 Å². The lowest BCUT2D eigenvalue weighted by molar-refractivity contribution is -0.138. The summed E-state index contributed by atoms with van der Waals surface area (Å²) in [5.74, 6) is -0.319. The predicted octanol–water partition coefficient (Wildman–Crippen LogP) is 2.00. The Bertz CT molecular complexity index is 401. The van der Waals surface area contributed by atoms with Crippen molar-refractivity contribution in [2.45, 2.75) is 20.4 Å². The van der Waals surface area contributed by atoms with Crippen LogP contribution in [0.5, 0.6) is 0 Å². The monoisotopic (exact) mass is 254 g/mol. The van der Waals surface area contributed by atoms with Gasteiger partial charge in [-0.25, -0.2) is 9.78 Å². The molecule has 0 amide bonds. The average Bonchev–Trinajstić information content (AvgIpc) is 2.64. The summed E-state index contributed by atoms with van der Waals surface area (Å²) in [5.41, 5.74) is 3.36. The molecule has 0 atom stereocenters. The quantitative estimate of drug-likeness (QED) is 0.575. The fourth-order valence-corrected chi connectivity index (χ4v) is 2.26. The molecule has 1 aromatic heterocycles. The molecular weight excluding hydrogens is 236 g/mol. The number of carbonyl (C=O) groups is 1. The molecule has 0 aromatic carbocycles. The topological polar surface area (TPSA) is 42.4 Å². The summed E-state index contributed by atoms with van der Waals surface area (Å²) < 4.78 is 4.89. The molecule has 5 heteroatoms. The molecule has 0 aliphatic carbocycles. The van der Waals surface area contributed by atoms with E-state index in [1.165, 1.54) is 4.88 Å². The Balaban J connectivity index is 2.44. The van der Waals surface area contributed by atoms with E-state index in [9.17, 15) is 4.79 Å². The number of esters is 1. The summed E-state index contributed by atoms with van der Waals surface area (Å²) in [7, 11) is 1.95. The van der Waals surface area contributed by atoms with Crippen LogP contribution in [0.3, 0.4) is 0 Å². The van der Waals surface area contributed by atoms with Gasteiger partial charge < -0.3 is 4.74 Å². The zero-order chi connectivity index (χ0) is 12.8. The third-order valence-electron chi connectivity index (χ3n) is 2.28. The minimum absolute atomic E-state index is 0.319. The van der Waals surface area contributed by atoms with Crippen molar-refractivity contribution in [1.82, 2.24) is 9.88 Å². The summed E-state index contributed by atoms with van der Waals surface area (Å²) in [6.07, 6.45) is 0. The summed E-state index contributed by atoms with van der Waals surface area (Å²) >= 11 is 1.62. The highest BCUT2D eigenvalue weighted by atomic mass is 32.1. The molecule has 1 aromatic rings. The van der Waals surface area contributed by atoms with Crippen LogP contribution in [-0.2, 0) is 16.1 Å². The van der Waals surface area contributed by atoms with Gasteiger partial charge in [0.1, 0.15) is 0 Å². The predicted molar refractivity (Wildman–Crippen MR) is 69.0 cm³/mol. The number of hydrogen-bond donors (Lipinski definition) is 0. The highest BCUT2D eigenvalue weighted by Crippen LogP contribution is 2.14. The number of nitrogens with zero attached hydrogens (tertiary/aromatic N) is 2. The van der Waals surface area contributed by atoms with Crippen LogP contribution >= 0.6 is 11.3 Å². The van der Waals surface area contributed by atoms with Gasteiger partial charge in [0.2, 0.25) is 0 Å². The van der Waals surface area contributed by atoms with E-state index in [1.807, 2.05) is 24.4 Å². The van der Waals surface area contributed by atoms with Gasteiger partial charge in [-0.05, 0) is 20.9 Å². The molecule has 0 fully saturated rings. The lowest BCUT2D eigenvalue weighted by atomic mass is 10.3. The molecule has 0 spiro atoms. The van der Waals surface area contributed by atoms with Crippen molar-refractivity contribution in [3.8, 4) is 0 Å². The second-order valence-corrected chi connectivity index (χ2v) is 4.80. The number of hydrogen-bond acceptors (Lipinski definition) is 5. The van der Waals surface area contributed by atoms with Crippen LogP contribution in [0.4, 0.5) is 0 Å². The first-order chi connectivity index (χ1) is 8.04. The maximum atomic E-state index is 11.4. The molecule has 0 saturated carbocycles. The summed E-state index contributed by atoms with van der Waals surface area (Å²) in [6.45, 7) is 9.18. The van der Waals surface area contributed by atoms with Crippen LogP contribution in [0.2, 0.25) is 0 Å². The molecule has 0 bridgehead atoms. The van der Waals surface area contributed by atoms with Gasteiger partial charge in [0, 0.05) is 23.5 Å². The Morgan fingerprint density at radius 1 is 1.65 bits per heavy atom. The fourth-order valence-electron chi connectivity index (χ4n) is 1.40. The molecule has 0 unspecified atom stereocenters. The van der Waals surface area contributed by atoms with Crippen LogP contribution in [0.25, 0.3) is 0 Å². The van der Waals surface area contributed by atoms with Crippen molar-refractivity contribution in [1.29, 1.82) is 0 Å². The van der Waals surface area contributed by atoms with Gasteiger partial charge in [0.25, 0.3) is 0 Å². The second kappa shape index (κ2) is 6.51. The van der Waals surface area contributed by atoms with Crippen molar-refractivity contribution in [3.63, 3.8) is 0 Å². The molecule has 4 nitrogen and oxygen atoms in total. The van der Waals surface area contributed by atoms with E-state index in [1.54, 1.807) is 18.3 Å². The zero-order valence-electron chi connectivity index (χ0n) is 10.5. The maximum absolute atomic E-state index is 11.4. The van der Waals surface area contributed by atoms with Crippen molar-refractivity contribution in [2.24, 2.45) is 0 Å². The molecule has 1 heterocycles. The fraction of sp³-hybridized carbons (Fsp3) is 0.500. The molecule has 17 heavy (non-hydrogen) atoms. The Kier molecular flexibility index (Phi) is 5.31. The standard InChI is InChI=1S/C12H18N2O2S/c1-5-16-12(15)9(2)6-14(4)7-11-10(3)13-8-17-11/h8H,2,5-7H2,1,3-4H3. The van der Waals surface area contributed by atoms with E-state index >= 15 is 0 Å². The number of ether oxygens (including phenoxy) is 1. The van der Waals surface area contributed by atoms with Crippen molar-refractivity contribution in [3.05, 3.63) is 28.2 Å². The summed E-state index contributed by atoms with van der Waals surface area (Å²) in [6, 6.07) is 0. The van der Waals surface area contributed by atoms with Crippen LogP contribution in [0, 0.1) is 6.92 Å². The third kappa shape index (κ3) is 4.28. The number of carbonyl (C=O) groups excluding carboxylic acids is 1. The largest absolute Gasteiger partial charge is 0.463 e. The van der Waals surface area contributed by atoms with Crippen molar-refractivity contribution >= 4 is 17.3 Å². The number of likely N-dealkylation sites (N-methyl/N-ethyl adjacent to an activating group) is 1. The minimum atomic E-state index is -0.319. The van der Waals surface area contributed by atoms with Gasteiger partial charge in [-0.3, -0.25) is 4.90 Å². The van der Waals surface area contributed by atoms with Gasteiger partial charge in [-0.1, -0.05) is 6.58 Å². The van der Waals surface area contributed by atoms with Gasteiger partial charge in [0.15, 0.2) is 0 Å². The third-order valence-corrected chi connectivity index (χ3v) is 3.20. The lowest BCUT2D eigenvalue weighted by Gasteiger charge is -2.16. The van der Waals surface area contributed by atoms with Gasteiger partial charge in [-0.2, -0.15) is 0 Å². The molecule has 0 saturated heterocycles. The Morgan fingerprint density at radius 2 is 2.35 bits per heavy atom. The number of aryl methyl sites for hydroxylation is 1. The second-order valence-electron chi connectivity index (χ2n) is 3.86. The molecule has 1 rings (SSSR count). The summed E-state index contributed by atoms with van der Waals surface area (Å²) in [4.78, 5) is 18.8. The lowest BCUT2D eigenvalue weighted by Crippen LogP contribution is -2.24. The van der Waals surface area contributed by atoms with E-state index < -0.39 is 0 Å². The first-order valence-corrected chi connectivity index (χ1v) is 6.35. The molecular formula is C12H18N2O2S. The SMILES string of the molecule is C=C(CN(C)Cc1scnc1C)C(=O)OCC. The van der Waals surface area contributed by atoms with Crippen LogP contribution < -0.4 is 0 Å². The smallest absolute Gasteiger partial charge is 0.334 e. The number of thiazole rings is 1. The van der Waals surface area contributed by atoms with Crippen LogP contribution in [-0.4, -0.2) is 36.1 Å². The molecule has 0 radical (unpaired) electrons. The highest BCUT2D eigenvalue weighted by molar-refractivity contribution is 7.09. The highest BCUT2D eigenvalue weighted by Gasteiger charge is 2.12. The van der Waals surface area contributed by atoms with E-state index in [2.05, 4.69) is 11.6 Å². The first kappa shape index (κ1) is 13.9. The zero-order valence-corrected chi connectivity index (χ0v) is 11.3. The molecule has 0 aliphatic heterocycles. The van der Waals surface area contributed by atoms with Crippen LogP contribution in [0.1, 0.15) is 17.5 Å². The van der Waals surface area contributed by atoms with E-state index in [0.717, 1.165) is 12.2 Å². The molecule has 0 aliphatic rings. The Labute approximate surface area is 106 Å². The summed E-state index contributed by atoms with van der Waals surface area (Å²) in [5, 5.41) is 0. The average molecular weight is 254 g/mol. The first-order valence-electron chi connectivity index (χ1n) is 5.47. The van der Waals surface area contributed by atoms with Crippen molar-refractivity contribution < 1.29 is 9.53 Å². The Morgan fingerprint density at radius 3 is 2.88 bits per heavy atom. The normalized spacial score (nSPS) is 10.6. The number of rotatable bonds is 6. The molecule has 0 N–H and O–H groups in total. The maximum Gasteiger partial charge on any atom is 0.334 e. The van der Waals surface area contributed by atoms with Crippen LogP contribution in [0.15, 0.2) is 17.7 Å². The van der Waals surface area contributed by atoms with E-state index in [4.69, 9.17) is 4.74 Å². The Hall–Kier alpha value is -1.20. The number of aromatic nitrogens is 1. The van der Waals surface area contributed by atoms with Crippen molar-refractivity contribution in [2.75, 3.05) is 20.2 Å². The van der Waals surface area contributed by atoms with E-state index in [0.29, 0.717) is 18.7 Å².